The number of carbonyl (C=O) groups excluding carboxylic acids is 2. The van der Waals surface area contributed by atoms with Gasteiger partial charge in [0.25, 0.3) is 11.1 Å². The topological polar surface area (TPSA) is 55.8 Å². The van der Waals surface area contributed by atoms with Gasteiger partial charge < -0.3 is 9.47 Å². The first-order valence-electron chi connectivity index (χ1n) is 9.98. The van der Waals surface area contributed by atoms with Crippen molar-refractivity contribution in [3.63, 3.8) is 0 Å². The van der Waals surface area contributed by atoms with Gasteiger partial charge in [-0.1, -0.05) is 65.7 Å². The first-order chi connectivity index (χ1) is 15.9. The van der Waals surface area contributed by atoms with Crippen LogP contribution in [0.5, 0.6) is 11.5 Å². The molecule has 0 spiro atoms. The second kappa shape index (κ2) is 10.3. The van der Waals surface area contributed by atoms with Crippen LogP contribution in [0.2, 0.25) is 10.0 Å². The standard InChI is InChI=1S/C25H19Cl2NO4S/c1-31-22-11-17(7-10-21(22)32-15-16-5-3-2-4-6-16)12-23-24(29)28(25(30)33-23)14-18-8-9-19(26)13-20(18)27/h2-13H,14-15H2,1H3/b23-12+. The van der Waals surface area contributed by atoms with E-state index in [0.29, 0.717) is 44.2 Å². The Morgan fingerprint density at radius 2 is 1.76 bits per heavy atom. The number of benzene rings is 3. The van der Waals surface area contributed by atoms with Gasteiger partial charge in [0.05, 0.1) is 18.6 Å². The van der Waals surface area contributed by atoms with E-state index >= 15 is 0 Å². The van der Waals surface area contributed by atoms with Gasteiger partial charge in [-0.2, -0.15) is 0 Å². The number of imide groups is 1. The van der Waals surface area contributed by atoms with E-state index in [1.165, 1.54) is 4.90 Å². The van der Waals surface area contributed by atoms with E-state index in [0.717, 1.165) is 17.3 Å². The molecule has 0 aliphatic carbocycles. The molecule has 0 atom stereocenters. The van der Waals surface area contributed by atoms with E-state index in [9.17, 15) is 9.59 Å². The van der Waals surface area contributed by atoms with Crippen LogP contribution in [-0.4, -0.2) is 23.2 Å². The molecule has 0 aromatic heterocycles. The number of hydrogen-bond donors (Lipinski definition) is 0. The summed E-state index contributed by atoms with van der Waals surface area (Å²) in [6.45, 7) is 0.482. The van der Waals surface area contributed by atoms with Crippen LogP contribution in [0.3, 0.4) is 0 Å². The predicted molar refractivity (Wildman–Crippen MR) is 132 cm³/mol. The van der Waals surface area contributed by atoms with E-state index in [4.69, 9.17) is 32.7 Å². The van der Waals surface area contributed by atoms with Gasteiger partial charge in [-0.05, 0) is 58.8 Å². The molecule has 1 fully saturated rings. The average Bonchev–Trinajstić information content (AvgIpc) is 3.07. The number of ether oxygens (including phenoxy) is 2. The number of methoxy groups -OCH3 is 1. The molecule has 0 saturated carbocycles. The van der Waals surface area contributed by atoms with Gasteiger partial charge in [0.1, 0.15) is 6.61 Å². The molecule has 8 heteroatoms. The highest BCUT2D eigenvalue weighted by Gasteiger charge is 2.35. The third-order valence-corrected chi connectivity index (χ3v) is 6.43. The van der Waals surface area contributed by atoms with Crippen molar-refractivity contribution >= 4 is 52.2 Å². The second-order valence-electron chi connectivity index (χ2n) is 7.19. The zero-order valence-corrected chi connectivity index (χ0v) is 19.9. The smallest absolute Gasteiger partial charge is 0.293 e. The molecule has 0 radical (unpaired) electrons. The Labute approximate surface area is 205 Å². The molecule has 1 aliphatic rings. The quantitative estimate of drug-likeness (QED) is 0.334. The second-order valence-corrected chi connectivity index (χ2v) is 9.02. The number of amides is 2. The van der Waals surface area contributed by atoms with Gasteiger partial charge in [0.2, 0.25) is 0 Å². The Hall–Kier alpha value is -2.93. The minimum absolute atomic E-state index is 0.0770. The summed E-state index contributed by atoms with van der Waals surface area (Å²) in [4.78, 5) is 26.8. The average molecular weight is 500 g/mol. The molecule has 3 aromatic carbocycles. The van der Waals surface area contributed by atoms with Crippen molar-refractivity contribution in [2.24, 2.45) is 0 Å². The van der Waals surface area contributed by atoms with Crippen molar-refractivity contribution in [3.05, 3.63) is 98.4 Å². The first kappa shape index (κ1) is 23.2. The lowest BCUT2D eigenvalue weighted by Gasteiger charge is -2.13. The summed E-state index contributed by atoms with van der Waals surface area (Å²) < 4.78 is 11.3. The Bertz CT molecular complexity index is 1230. The zero-order valence-electron chi connectivity index (χ0n) is 17.6. The number of halogens is 2. The van der Waals surface area contributed by atoms with Crippen molar-refractivity contribution in [2.45, 2.75) is 13.2 Å². The van der Waals surface area contributed by atoms with E-state index in [-0.39, 0.29) is 17.7 Å². The molecule has 0 bridgehead atoms. The summed E-state index contributed by atoms with van der Waals surface area (Å²) in [5.41, 5.74) is 2.40. The molecule has 0 N–H and O–H groups in total. The van der Waals surface area contributed by atoms with Crippen molar-refractivity contribution in [3.8, 4) is 11.5 Å². The van der Waals surface area contributed by atoms with E-state index < -0.39 is 0 Å². The van der Waals surface area contributed by atoms with Crippen molar-refractivity contribution in [1.82, 2.24) is 4.90 Å². The molecule has 4 rings (SSSR count). The molecule has 168 valence electrons. The van der Waals surface area contributed by atoms with Crippen LogP contribution in [-0.2, 0) is 17.9 Å². The Kier molecular flexibility index (Phi) is 7.28. The molecular formula is C25H19Cl2NO4S. The van der Waals surface area contributed by atoms with Gasteiger partial charge in [-0.3, -0.25) is 14.5 Å². The van der Waals surface area contributed by atoms with Crippen LogP contribution in [0.25, 0.3) is 6.08 Å². The maximum atomic E-state index is 12.9. The number of hydrogen-bond acceptors (Lipinski definition) is 5. The van der Waals surface area contributed by atoms with E-state index in [1.807, 2.05) is 36.4 Å². The fraction of sp³-hybridized carbons (Fsp3) is 0.120. The van der Waals surface area contributed by atoms with Crippen LogP contribution in [0.4, 0.5) is 4.79 Å². The molecule has 1 aliphatic heterocycles. The molecule has 33 heavy (non-hydrogen) atoms. The Morgan fingerprint density at radius 1 is 0.970 bits per heavy atom. The van der Waals surface area contributed by atoms with E-state index in [2.05, 4.69) is 0 Å². The van der Waals surface area contributed by atoms with Crippen LogP contribution in [0, 0.1) is 0 Å². The van der Waals surface area contributed by atoms with Gasteiger partial charge >= 0.3 is 0 Å². The fourth-order valence-electron chi connectivity index (χ4n) is 3.24. The summed E-state index contributed by atoms with van der Waals surface area (Å²) in [7, 11) is 1.55. The first-order valence-corrected chi connectivity index (χ1v) is 11.6. The van der Waals surface area contributed by atoms with Crippen LogP contribution in [0.1, 0.15) is 16.7 Å². The molecule has 1 heterocycles. The highest BCUT2D eigenvalue weighted by atomic mass is 35.5. The van der Waals surface area contributed by atoms with Gasteiger partial charge in [-0.15, -0.1) is 0 Å². The molecule has 5 nitrogen and oxygen atoms in total. The van der Waals surface area contributed by atoms with Gasteiger partial charge in [0, 0.05) is 10.0 Å². The largest absolute Gasteiger partial charge is 0.493 e. The lowest BCUT2D eigenvalue weighted by atomic mass is 10.1. The molecule has 1 saturated heterocycles. The third kappa shape index (κ3) is 5.53. The highest BCUT2D eigenvalue weighted by molar-refractivity contribution is 8.18. The van der Waals surface area contributed by atoms with Crippen molar-refractivity contribution < 1.29 is 19.1 Å². The minimum Gasteiger partial charge on any atom is -0.493 e. The SMILES string of the molecule is COc1cc(/C=C2/SC(=O)N(Cc3ccc(Cl)cc3Cl)C2=O)ccc1OCc1ccccc1. The molecular weight excluding hydrogens is 481 g/mol. The Balaban J connectivity index is 1.49. The zero-order chi connectivity index (χ0) is 23.4. The lowest BCUT2D eigenvalue weighted by Crippen LogP contribution is -2.27. The van der Waals surface area contributed by atoms with Crippen molar-refractivity contribution in [1.29, 1.82) is 0 Å². The number of nitrogens with zero attached hydrogens (tertiary/aromatic N) is 1. The number of thioether (sulfide) groups is 1. The molecule has 0 unspecified atom stereocenters. The maximum Gasteiger partial charge on any atom is 0.293 e. The molecule has 3 aromatic rings. The third-order valence-electron chi connectivity index (χ3n) is 4.94. The summed E-state index contributed by atoms with van der Waals surface area (Å²) in [5, 5.41) is 0.538. The summed E-state index contributed by atoms with van der Waals surface area (Å²) in [5.74, 6) is 0.746. The summed E-state index contributed by atoms with van der Waals surface area (Å²) >= 11 is 13.0. The van der Waals surface area contributed by atoms with Crippen LogP contribution in [0.15, 0.2) is 71.6 Å². The highest BCUT2D eigenvalue weighted by Crippen LogP contribution is 2.36. The van der Waals surface area contributed by atoms with Crippen LogP contribution < -0.4 is 9.47 Å². The summed E-state index contributed by atoms with van der Waals surface area (Å²) in [6.07, 6.45) is 1.66. The normalized spacial score (nSPS) is 14.8. The number of rotatable bonds is 7. The number of carbonyl (C=O) groups is 2. The fourth-order valence-corrected chi connectivity index (χ4v) is 4.54. The molecule has 2 amide bonds. The predicted octanol–water partition coefficient (Wildman–Crippen LogP) is 6.82. The van der Waals surface area contributed by atoms with Gasteiger partial charge in [0.15, 0.2) is 11.5 Å². The maximum absolute atomic E-state index is 12.9. The summed E-state index contributed by atoms with van der Waals surface area (Å²) in [6, 6.07) is 20.1. The van der Waals surface area contributed by atoms with Crippen LogP contribution >= 0.6 is 35.0 Å². The minimum atomic E-state index is -0.376. The van der Waals surface area contributed by atoms with Gasteiger partial charge in [-0.25, -0.2) is 0 Å². The lowest BCUT2D eigenvalue weighted by molar-refractivity contribution is -0.123. The monoisotopic (exact) mass is 499 g/mol. The Morgan fingerprint density at radius 3 is 2.48 bits per heavy atom. The van der Waals surface area contributed by atoms with E-state index in [1.54, 1.807) is 43.5 Å². The van der Waals surface area contributed by atoms with Crippen molar-refractivity contribution in [2.75, 3.05) is 7.11 Å².